The molecule has 1 heterocycles. The second kappa shape index (κ2) is 7.09. The minimum Gasteiger partial charge on any atom is -0.496 e. The van der Waals surface area contributed by atoms with Crippen LogP contribution in [0.15, 0.2) is 22.7 Å². The first-order chi connectivity index (χ1) is 9.60. The number of benzene rings is 1. The zero-order valence-electron chi connectivity index (χ0n) is 11.8. The molecule has 1 aromatic carbocycles. The highest BCUT2D eigenvalue weighted by Gasteiger charge is 2.20. The van der Waals surface area contributed by atoms with Crippen LogP contribution in [0.2, 0.25) is 0 Å². The Morgan fingerprint density at radius 1 is 1.45 bits per heavy atom. The number of amides is 1. The molecule has 1 fully saturated rings. The third-order valence-corrected chi connectivity index (χ3v) is 4.36. The number of carbonyl (C=O) groups is 1. The Morgan fingerprint density at radius 2 is 2.15 bits per heavy atom. The normalized spacial score (nSPS) is 16.2. The van der Waals surface area contributed by atoms with Crippen LogP contribution in [0, 0.1) is 0 Å². The van der Waals surface area contributed by atoms with Gasteiger partial charge in [-0.2, -0.15) is 0 Å². The van der Waals surface area contributed by atoms with E-state index in [9.17, 15) is 4.79 Å². The Hall–Kier alpha value is -1.07. The van der Waals surface area contributed by atoms with Gasteiger partial charge < -0.3 is 15.4 Å². The lowest BCUT2D eigenvalue weighted by Crippen LogP contribution is -2.42. The second-order valence-electron chi connectivity index (χ2n) is 5.19. The molecule has 0 bridgehead atoms. The van der Waals surface area contributed by atoms with Gasteiger partial charge in [-0.3, -0.25) is 4.79 Å². The maximum atomic E-state index is 12.1. The van der Waals surface area contributed by atoms with Crippen molar-refractivity contribution in [3.8, 4) is 5.75 Å². The molecular weight excluding hydrogens is 320 g/mol. The van der Waals surface area contributed by atoms with E-state index in [2.05, 4.69) is 15.9 Å². The molecule has 0 spiro atoms. The Bertz CT molecular complexity index is 471. The largest absolute Gasteiger partial charge is 0.496 e. The lowest BCUT2D eigenvalue weighted by atomic mass is 10.0. The molecule has 1 saturated heterocycles. The van der Waals surface area contributed by atoms with Crippen molar-refractivity contribution < 1.29 is 9.53 Å². The van der Waals surface area contributed by atoms with Crippen LogP contribution in [0.4, 0.5) is 0 Å². The first-order valence-electron chi connectivity index (χ1n) is 6.96. The number of halogens is 1. The van der Waals surface area contributed by atoms with Crippen molar-refractivity contribution in [1.82, 2.24) is 4.90 Å². The van der Waals surface area contributed by atoms with Crippen molar-refractivity contribution in [2.24, 2.45) is 5.73 Å². The third-order valence-electron chi connectivity index (χ3n) is 3.74. The van der Waals surface area contributed by atoms with Crippen molar-refractivity contribution >= 4 is 21.8 Å². The highest BCUT2D eigenvalue weighted by atomic mass is 79.9. The molecule has 0 atom stereocenters. The molecule has 1 amide bonds. The first kappa shape index (κ1) is 15.3. The van der Waals surface area contributed by atoms with E-state index in [1.54, 1.807) is 7.11 Å². The van der Waals surface area contributed by atoms with Gasteiger partial charge in [-0.25, -0.2) is 0 Å². The summed E-state index contributed by atoms with van der Waals surface area (Å²) in [6.45, 7) is 1.60. The van der Waals surface area contributed by atoms with E-state index in [1.165, 1.54) is 0 Å². The number of aryl methyl sites for hydroxylation is 1. The number of ether oxygens (including phenoxy) is 1. The number of nitrogens with zero attached hydrogens (tertiary/aromatic N) is 1. The highest BCUT2D eigenvalue weighted by molar-refractivity contribution is 9.10. The van der Waals surface area contributed by atoms with Crippen LogP contribution >= 0.6 is 15.9 Å². The van der Waals surface area contributed by atoms with Crippen molar-refractivity contribution in [3.63, 3.8) is 0 Å². The maximum absolute atomic E-state index is 12.1. The molecule has 5 heteroatoms. The summed E-state index contributed by atoms with van der Waals surface area (Å²) in [6, 6.07) is 6.20. The van der Waals surface area contributed by atoms with Gasteiger partial charge in [0.2, 0.25) is 5.91 Å². The number of nitrogens with two attached hydrogens (primary N) is 1. The SMILES string of the molecule is COc1ccc(CCC(=O)N2CCC(N)CC2)cc1Br. The smallest absolute Gasteiger partial charge is 0.222 e. The van der Waals surface area contributed by atoms with Gasteiger partial charge >= 0.3 is 0 Å². The molecular formula is C15H21BrN2O2. The van der Waals surface area contributed by atoms with Gasteiger partial charge in [0, 0.05) is 25.6 Å². The average Bonchev–Trinajstić information content (AvgIpc) is 2.45. The van der Waals surface area contributed by atoms with Crippen LogP contribution in [0.1, 0.15) is 24.8 Å². The Balaban J connectivity index is 1.85. The molecule has 1 aliphatic rings. The first-order valence-corrected chi connectivity index (χ1v) is 7.75. The van der Waals surface area contributed by atoms with Gasteiger partial charge in [-0.05, 0) is 52.9 Å². The van der Waals surface area contributed by atoms with Crippen LogP contribution in [-0.4, -0.2) is 37.0 Å². The van der Waals surface area contributed by atoms with Crippen molar-refractivity contribution in [1.29, 1.82) is 0 Å². The fourth-order valence-electron chi connectivity index (χ4n) is 2.42. The zero-order valence-corrected chi connectivity index (χ0v) is 13.4. The minimum atomic E-state index is 0.226. The van der Waals surface area contributed by atoms with E-state index in [-0.39, 0.29) is 11.9 Å². The average molecular weight is 341 g/mol. The summed E-state index contributed by atoms with van der Waals surface area (Å²) in [5.74, 6) is 1.04. The number of rotatable bonds is 4. The predicted octanol–water partition coefficient (Wildman–Crippen LogP) is 2.34. The van der Waals surface area contributed by atoms with E-state index < -0.39 is 0 Å². The second-order valence-corrected chi connectivity index (χ2v) is 6.04. The quantitative estimate of drug-likeness (QED) is 0.915. The molecule has 1 aliphatic heterocycles. The topological polar surface area (TPSA) is 55.6 Å². The summed E-state index contributed by atoms with van der Waals surface area (Å²) < 4.78 is 6.12. The van der Waals surface area contributed by atoms with Crippen molar-refractivity contribution in [3.05, 3.63) is 28.2 Å². The molecule has 2 N–H and O–H groups in total. The molecule has 0 aliphatic carbocycles. The Kier molecular flexibility index (Phi) is 5.43. The molecule has 0 unspecified atom stereocenters. The van der Waals surface area contributed by atoms with Crippen LogP contribution in [0.25, 0.3) is 0 Å². The van der Waals surface area contributed by atoms with Gasteiger partial charge in [0.05, 0.1) is 11.6 Å². The van der Waals surface area contributed by atoms with Crippen molar-refractivity contribution in [2.75, 3.05) is 20.2 Å². The fraction of sp³-hybridized carbons (Fsp3) is 0.533. The lowest BCUT2D eigenvalue weighted by Gasteiger charge is -2.30. The maximum Gasteiger partial charge on any atom is 0.222 e. The highest BCUT2D eigenvalue weighted by Crippen LogP contribution is 2.26. The zero-order chi connectivity index (χ0) is 14.5. The predicted molar refractivity (Wildman–Crippen MR) is 82.8 cm³/mol. The molecule has 1 aromatic rings. The Labute approximate surface area is 128 Å². The standard InChI is InChI=1S/C15H21BrN2O2/c1-20-14-4-2-11(10-13(14)16)3-5-15(19)18-8-6-12(17)7-9-18/h2,4,10,12H,3,5-9,17H2,1H3. The molecule has 4 nitrogen and oxygen atoms in total. The molecule has 110 valence electrons. The number of methoxy groups -OCH3 is 1. The molecule has 0 aromatic heterocycles. The number of hydrogen-bond donors (Lipinski definition) is 1. The summed E-state index contributed by atoms with van der Waals surface area (Å²) in [6.07, 6.45) is 3.14. The lowest BCUT2D eigenvalue weighted by molar-refractivity contribution is -0.132. The van der Waals surface area contributed by atoms with Gasteiger partial charge in [0.1, 0.15) is 5.75 Å². The van der Waals surface area contributed by atoms with Gasteiger partial charge in [0.25, 0.3) is 0 Å². The molecule has 20 heavy (non-hydrogen) atoms. The van der Waals surface area contributed by atoms with Crippen LogP contribution in [0.3, 0.4) is 0 Å². The van der Waals surface area contributed by atoms with Crippen LogP contribution in [-0.2, 0) is 11.2 Å². The number of carbonyl (C=O) groups excluding carboxylic acids is 1. The number of piperidine rings is 1. The van der Waals surface area contributed by atoms with E-state index in [0.29, 0.717) is 6.42 Å². The Morgan fingerprint density at radius 3 is 2.75 bits per heavy atom. The van der Waals surface area contributed by atoms with Gasteiger partial charge in [-0.1, -0.05) is 6.07 Å². The van der Waals surface area contributed by atoms with E-state index in [1.807, 2.05) is 23.1 Å². The summed E-state index contributed by atoms with van der Waals surface area (Å²) in [5, 5.41) is 0. The summed E-state index contributed by atoms with van der Waals surface area (Å²) in [5.41, 5.74) is 6.99. The number of likely N-dealkylation sites (tertiary alicyclic amines) is 1. The summed E-state index contributed by atoms with van der Waals surface area (Å²) in [4.78, 5) is 14.1. The van der Waals surface area contributed by atoms with Crippen molar-refractivity contribution in [2.45, 2.75) is 31.7 Å². The van der Waals surface area contributed by atoms with Gasteiger partial charge in [0.15, 0.2) is 0 Å². The van der Waals surface area contributed by atoms with E-state index in [4.69, 9.17) is 10.5 Å². The number of hydrogen-bond acceptors (Lipinski definition) is 3. The third kappa shape index (κ3) is 3.96. The summed E-state index contributed by atoms with van der Waals surface area (Å²) >= 11 is 3.46. The monoisotopic (exact) mass is 340 g/mol. The molecule has 0 radical (unpaired) electrons. The van der Waals surface area contributed by atoms with Crippen LogP contribution < -0.4 is 10.5 Å². The molecule has 0 saturated carbocycles. The summed E-state index contributed by atoms with van der Waals surface area (Å²) in [7, 11) is 1.64. The molecule has 2 rings (SSSR count). The minimum absolute atomic E-state index is 0.226. The fourth-order valence-corrected chi connectivity index (χ4v) is 3.01. The van der Waals surface area contributed by atoms with E-state index in [0.717, 1.165) is 48.1 Å². The van der Waals surface area contributed by atoms with Crippen LogP contribution in [0.5, 0.6) is 5.75 Å². The van der Waals surface area contributed by atoms with E-state index >= 15 is 0 Å². The van der Waals surface area contributed by atoms with Gasteiger partial charge in [-0.15, -0.1) is 0 Å².